The minimum absolute atomic E-state index is 0.109. The Bertz CT molecular complexity index is 1030. The molecule has 1 N–H and O–H groups in total. The third-order valence-electron chi connectivity index (χ3n) is 4.12. The van der Waals surface area contributed by atoms with E-state index in [4.69, 9.17) is 9.68 Å². The monoisotopic (exact) mass is 349 g/mol. The number of nitriles is 1. The standard InChI is InChI=1S/C18H15N5O3/c19-10-12-3-5-13(6-4-12)20-16(24)11-22-18(25)23(14-7-8-14)17(21-22)15-2-1-9-26-15/h1-6,9,14H,7-8,11H2,(H,20,24). The smallest absolute Gasteiger partial charge is 0.347 e. The molecule has 1 aliphatic carbocycles. The molecule has 2 aromatic heterocycles. The van der Waals surface area contributed by atoms with E-state index in [0.29, 0.717) is 22.8 Å². The maximum Gasteiger partial charge on any atom is 0.347 e. The molecule has 3 aromatic rings. The largest absolute Gasteiger partial charge is 0.461 e. The third kappa shape index (κ3) is 3.02. The molecule has 0 spiro atoms. The zero-order valence-corrected chi connectivity index (χ0v) is 13.8. The Morgan fingerprint density at radius 2 is 2.08 bits per heavy atom. The topological polar surface area (TPSA) is 106 Å². The minimum atomic E-state index is -0.372. The van der Waals surface area contributed by atoms with Crippen molar-refractivity contribution in [3.05, 3.63) is 58.7 Å². The fourth-order valence-electron chi connectivity index (χ4n) is 2.72. The average molecular weight is 349 g/mol. The van der Waals surface area contributed by atoms with Crippen molar-refractivity contribution < 1.29 is 9.21 Å². The SMILES string of the molecule is N#Cc1ccc(NC(=O)Cn2nc(-c3ccco3)n(C3CC3)c2=O)cc1. The van der Waals surface area contributed by atoms with Gasteiger partial charge < -0.3 is 9.73 Å². The van der Waals surface area contributed by atoms with E-state index in [1.54, 1.807) is 41.0 Å². The van der Waals surface area contributed by atoms with Gasteiger partial charge in [0.25, 0.3) is 0 Å². The second-order valence-electron chi connectivity index (χ2n) is 6.08. The van der Waals surface area contributed by atoms with E-state index < -0.39 is 0 Å². The number of nitrogens with zero attached hydrogens (tertiary/aromatic N) is 4. The minimum Gasteiger partial charge on any atom is -0.461 e. The van der Waals surface area contributed by atoms with Crippen LogP contribution in [-0.4, -0.2) is 20.3 Å². The van der Waals surface area contributed by atoms with Crippen LogP contribution < -0.4 is 11.0 Å². The Morgan fingerprint density at radius 1 is 1.31 bits per heavy atom. The van der Waals surface area contributed by atoms with Gasteiger partial charge in [0.15, 0.2) is 5.76 Å². The summed E-state index contributed by atoms with van der Waals surface area (Å²) in [6, 6.07) is 12.1. The molecule has 4 rings (SSSR count). The van der Waals surface area contributed by atoms with Gasteiger partial charge in [-0.2, -0.15) is 5.26 Å². The Labute approximate surface area is 148 Å². The van der Waals surface area contributed by atoms with Crippen LogP contribution in [0.5, 0.6) is 0 Å². The lowest BCUT2D eigenvalue weighted by molar-refractivity contribution is -0.117. The lowest BCUT2D eigenvalue weighted by Gasteiger charge is -2.04. The molecule has 0 aliphatic heterocycles. The molecule has 0 bridgehead atoms. The highest BCUT2D eigenvalue weighted by Crippen LogP contribution is 2.36. The van der Waals surface area contributed by atoms with Gasteiger partial charge in [-0.15, -0.1) is 5.10 Å². The van der Waals surface area contributed by atoms with Crippen LogP contribution in [0.3, 0.4) is 0 Å². The highest BCUT2D eigenvalue weighted by atomic mass is 16.3. The summed E-state index contributed by atoms with van der Waals surface area (Å²) in [5.74, 6) is 0.567. The number of hydrogen-bond acceptors (Lipinski definition) is 5. The van der Waals surface area contributed by atoms with E-state index in [9.17, 15) is 9.59 Å². The summed E-state index contributed by atoms with van der Waals surface area (Å²) in [4.78, 5) is 24.9. The number of furan rings is 1. The molecule has 2 heterocycles. The van der Waals surface area contributed by atoms with Gasteiger partial charge in [0.2, 0.25) is 11.7 Å². The van der Waals surface area contributed by atoms with Gasteiger partial charge in [0.1, 0.15) is 6.54 Å². The molecule has 1 amide bonds. The molecule has 1 aromatic carbocycles. The summed E-state index contributed by atoms with van der Waals surface area (Å²) in [6.07, 6.45) is 3.35. The Balaban J connectivity index is 1.56. The van der Waals surface area contributed by atoms with Crippen LogP contribution in [0.2, 0.25) is 0 Å². The van der Waals surface area contributed by atoms with E-state index in [0.717, 1.165) is 17.5 Å². The first-order valence-corrected chi connectivity index (χ1v) is 8.19. The summed E-state index contributed by atoms with van der Waals surface area (Å²) in [7, 11) is 0. The molecular formula is C18H15N5O3. The summed E-state index contributed by atoms with van der Waals surface area (Å²) < 4.78 is 8.11. The number of rotatable bonds is 5. The second-order valence-corrected chi connectivity index (χ2v) is 6.08. The fraction of sp³-hybridized carbons (Fsp3) is 0.222. The van der Waals surface area contributed by atoms with Crippen molar-refractivity contribution in [2.45, 2.75) is 25.4 Å². The molecule has 0 atom stereocenters. The number of nitrogens with one attached hydrogen (secondary N) is 1. The van der Waals surface area contributed by atoms with Crippen LogP contribution in [0.25, 0.3) is 11.6 Å². The van der Waals surface area contributed by atoms with Gasteiger partial charge in [-0.3, -0.25) is 9.36 Å². The summed E-state index contributed by atoms with van der Waals surface area (Å²) in [5.41, 5.74) is 0.731. The molecule has 8 heteroatoms. The first-order chi connectivity index (χ1) is 12.7. The van der Waals surface area contributed by atoms with E-state index in [1.165, 1.54) is 6.26 Å². The van der Waals surface area contributed by atoms with Crippen LogP contribution in [0.4, 0.5) is 5.69 Å². The van der Waals surface area contributed by atoms with Crippen molar-refractivity contribution in [1.82, 2.24) is 14.3 Å². The van der Waals surface area contributed by atoms with Gasteiger partial charge in [-0.1, -0.05) is 0 Å². The molecule has 26 heavy (non-hydrogen) atoms. The van der Waals surface area contributed by atoms with Crippen molar-refractivity contribution in [3.63, 3.8) is 0 Å². The zero-order chi connectivity index (χ0) is 18.1. The lowest BCUT2D eigenvalue weighted by atomic mass is 10.2. The quantitative estimate of drug-likeness (QED) is 0.760. The summed E-state index contributed by atoms with van der Waals surface area (Å²) >= 11 is 0. The molecule has 1 aliphatic rings. The molecule has 0 saturated heterocycles. The first kappa shape index (κ1) is 15.9. The third-order valence-corrected chi connectivity index (χ3v) is 4.12. The normalized spacial score (nSPS) is 13.3. The Hall–Kier alpha value is -3.60. The van der Waals surface area contributed by atoms with Crippen molar-refractivity contribution >= 4 is 11.6 Å². The predicted octanol–water partition coefficient (Wildman–Crippen LogP) is 2.15. The van der Waals surface area contributed by atoms with Gasteiger partial charge >= 0.3 is 5.69 Å². The molecule has 130 valence electrons. The van der Waals surface area contributed by atoms with Crippen LogP contribution in [0.15, 0.2) is 51.9 Å². The fourth-order valence-corrected chi connectivity index (χ4v) is 2.72. The molecule has 1 saturated carbocycles. The van der Waals surface area contributed by atoms with Crippen LogP contribution in [-0.2, 0) is 11.3 Å². The number of anilines is 1. The van der Waals surface area contributed by atoms with Crippen molar-refractivity contribution in [3.8, 4) is 17.7 Å². The maximum absolute atomic E-state index is 12.6. The number of amides is 1. The maximum atomic E-state index is 12.6. The molecular weight excluding hydrogens is 334 g/mol. The van der Waals surface area contributed by atoms with Crippen molar-refractivity contribution in [2.24, 2.45) is 0 Å². The number of carbonyl (C=O) groups is 1. The number of hydrogen-bond donors (Lipinski definition) is 1. The van der Waals surface area contributed by atoms with E-state index in [1.807, 2.05) is 6.07 Å². The van der Waals surface area contributed by atoms with Crippen molar-refractivity contribution in [2.75, 3.05) is 5.32 Å². The molecule has 1 fully saturated rings. The van der Waals surface area contributed by atoms with E-state index >= 15 is 0 Å². The average Bonchev–Trinajstić information content (AvgIpc) is 3.22. The van der Waals surface area contributed by atoms with Crippen LogP contribution >= 0.6 is 0 Å². The zero-order valence-electron chi connectivity index (χ0n) is 13.8. The number of carbonyl (C=O) groups excluding carboxylic acids is 1. The first-order valence-electron chi connectivity index (χ1n) is 8.19. The summed E-state index contributed by atoms with van der Waals surface area (Å²) in [6.45, 7) is -0.202. The van der Waals surface area contributed by atoms with Gasteiger partial charge in [-0.05, 0) is 49.2 Å². The van der Waals surface area contributed by atoms with Crippen molar-refractivity contribution in [1.29, 1.82) is 5.26 Å². The number of aromatic nitrogens is 3. The second kappa shape index (κ2) is 6.37. The van der Waals surface area contributed by atoms with Gasteiger partial charge in [0.05, 0.1) is 17.9 Å². The van der Waals surface area contributed by atoms with Gasteiger partial charge in [-0.25, -0.2) is 9.48 Å². The highest BCUT2D eigenvalue weighted by molar-refractivity contribution is 5.90. The highest BCUT2D eigenvalue weighted by Gasteiger charge is 2.31. The number of benzene rings is 1. The van der Waals surface area contributed by atoms with Crippen LogP contribution in [0, 0.1) is 11.3 Å². The molecule has 0 radical (unpaired) electrons. The lowest BCUT2D eigenvalue weighted by Crippen LogP contribution is -2.30. The van der Waals surface area contributed by atoms with E-state index in [2.05, 4.69) is 10.4 Å². The Morgan fingerprint density at radius 3 is 2.69 bits per heavy atom. The molecule has 8 nitrogen and oxygen atoms in total. The Kier molecular flexibility index (Phi) is 3.89. The van der Waals surface area contributed by atoms with E-state index in [-0.39, 0.29) is 24.2 Å². The predicted molar refractivity (Wildman–Crippen MR) is 92.2 cm³/mol. The summed E-state index contributed by atoms with van der Waals surface area (Å²) in [5, 5.41) is 15.8. The van der Waals surface area contributed by atoms with Gasteiger partial charge in [0, 0.05) is 11.7 Å². The molecule has 0 unspecified atom stereocenters. The van der Waals surface area contributed by atoms with Crippen LogP contribution in [0.1, 0.15) is 24.4 Å².